The molecule has 2 aromatic rings. The van der Waals surface area contributed by atoms with Crippen LogP contribution in [0.15, 0.2) is 30.6 Å². The Hall–Kier alpha value is -1.77. The Morgan fingerprint density at radius 1 is 1.33 bits per heavy atom. The van der Waals surface area contributed by atoms with E-state index in [1.807, 2.05) is 6.20 Å². The smallest absolute Gasteiger partial charge is 0.108 e. The van der Waals surface area contributed by atoms with Crippen molar-refractivity contribution in [2.45, 2.75) is 58.5 Å². The number of nitrogens with zero attached hydrogens (tertiary/aromatic N) is 2. The van der Waals surface area contributed by atoms with E-state index in [0.29, 0.717) is 6.04 Å². The standard InChI is InChI=1S/C18H25N3/c1-3-11-21-12-10-19-18(21)9-6-15-5-8-17-16(13-15)7-4-14(2)20-17/h5,8,10,12-14,20H,3-4,6-7,9,11H2,1-2H3. The molecule has 0 aliphatic carbocycles. The van der Waals surface area contributed by atoms with Crippen LogP contribution in [0.25, 0.3) is 0 Å². The minimum Gasteiger partial charge on any atom is -0.382 e. The van der Waals surface area contributed by atoms with Gasteiger partial charge in [-0.15, -0.1) is 0 Å². The molecule has 1 unspecified atom stereocenters. The van der Waals surface area contributed by atoms with Gasteiger partial charge in [0, 0.05) is 37.1 Å². The van der Waals surface area contributed by atoms with Gasteiger partial charge in [0.2, 0.25) is 0 Å². The van der Waals surface area contributed by atoms with Gasteiger partial charge < -0.3 is 9.88 Å². The third kappa shape index (κ3) is 3.29. The molecule has 1 aromatic heterocycles. The van der Waals surface area contributed by atoms with Crippen molar-refractivity contribution < 1.29 is 0 Å². The first-order valence-corrected chi connectivity index (χ1v) is 8.14. The number of rotatable bonds is 5. The topological polar surface area (TPSA) is 29.9 Å². The summed E-state index contributed by atoms with van der Waals surface area (Å²) in [5, 5.41) is 3.57. The highest BCUT2D eigenvalue weighted by Crippen LogP contribution is 2.26. The first-order chi connectivity index (χ1) is 10.3. The SMILES string of the molecule is CCCn1ccnc1CCc1ccc2c(c1)CCC(C)N2. The van der Waals surface area contributed by atoms with Crippen molar-refractivity contribution in [2.75, 3.05) is 5.32 Å². The van der Waals surface area contributed by atoms with Crippen molar-refractivity contribution >= 4 is 5.69 Å². The van der Waals surface area contributed by atoms with Crippen LogP contribution in [0, 0.1) is 0 Å². The number of aromatic nitrogens is 2. The molecule has 112 valence electrons. The summed E-state index contributed by atoms with van der Waals surface area (Å²) in [6.45, 7) is 5.53. The van der Waals surface area contributed by atoms with Crippen LogP contribution in [-0.4, -0.2) is 15.6 Å². The molecule has 0 saturated carbocycles. The number of hydrogen-bond acceptors (Lipinski definition) is 2. The molecule has 3 heteroatoms. The number of imidazole rings is 1. The molecular formula is C18H25N3. The van der Waals surface area contributed by atoms with Gasteiger partial charge in [-0.3, -0.25) is 0 Å². The molecule has 1 atom stereocenters. The van der Waals surface area contributed by atoms with Crippen LogP contribution in [0.1, 0.15) is 43.6 Å². The van der Waals surface area contributed by atoms with Crippen LogP contribution < -0.4 is 5.32 Å². The molecule has 0 bridgehead atoms. The number of anilines is 1. The molecule has 0 fully saturated rings. The summed E-state index contributed by atoms with van der Waals surface area (Å²) >= 11 is 0. The van der Waals surface area contributed by atoms with E-state index >= 15 is 0 Å². The zero-order valence-electron chi connectivity index (χ0n) is 13.1. The molecule has 21 heavy (non-hydrogen) atoms. The van der Waals surface area contributed by atoms with Gasteiger partial charge in [0.25, 0.3) is 0 Å². The maximum atomic E-state index is 4.50. The third-order valence-corrected chi connectivity index (χ3v) is 4.32. The minimum atomic E-state index is 0.602. The van der Waals surface area contributed by atoms with Gasteiger partial charge in [-0.05, 0) is 49.8 Å². The van der Waals surface area contributed by atoms with Crippen LogP contribution in [0.2, 0.25) is 0 Å². The highest BCUT2D eigenvalue weighted by molar-refractivity contribution is 5.55. The third-order valence-electron chi connectivity index (χ3n) is 4.32. The first kappa shape index (κ1) is 14.2. The summed E-state index contributed by atoms with van der Waals surface area (Å²) in [6, 6.07) is 7.49. The lowest BCUT2D eigenvalue weighted by Crippen LogP contribution is -2.21. The van der Waals surface area contributed by atoms with E-state index in [9.17, 15) is 0 Å². The molecule has 1 N–H and O–H groups in total. The van der Waals surface area contributed by atoms with E-state index in [4.69, 9.17) is 0 Å². The lowest BCUT2D eigenvalue weighted by atomic mass is 9.96. The molecule has 1 aromatic carbocycles. The zero-order valence-corrected chi connectivity index (χ0v) is 13.1. The van der Waals surface area contributed by atoms with Gasteiger partial charge in [-0.2, -0.15) is 0 Å². The predicted molar refractivity (Wildman–Crippen MR) is 87.8 cm³/mol. The highest BCUT2D eigenvalue weighted by atomic mass is 15.1. The second kappa shape index (κ2) is 6.33. The fourth-order valence-electron chi connectivity index (χ4n) is 3.13. The molecule has 0 spiro atoms. The lowest BCUT2D eigenvalue weighted by molar-refractivity contribution is 0.633. The summed E-state index contributed by atoms with van der Waals surface area (Å²) in [6.07, 6.45) is 9.70. The summed E-state index contributed by atoms with van der Waals surface area (Å²) in [5.41, 5.74) is 4.23. The van der Waals surface area contributed by atoms with Crippen LogP contribution >= 0.6 is 0 Å². The van der Waals surface area contributed by atoms with Gasteiger partial charge >= 0.3 is 0 Å². The summed E-state index contributed by atoms with van der Waals surface area (Å²) in [4.78, 5) is 4.50. The molecule has 1 aliphatic rings. The zero-order chi connectivity index (χ0) is 14.7. The van der Waals surface area contributed by atoms with Crippen LogP contribution in [0.5, 0.6) is 0 Å². The van der Waals surface area contributed by atoms with Gasteiger partial charge in [0.15, 0.2) is 0 Å². The number of aryl methyl sites for hydroxylation is 4. The number of hydrogen-bond donors (Lipinski definition) is 1. The van der Waals surface area contributed by atoms with E-state index in [1.165, 1.54) is 35.5 Å². The average Bonchev–Trinajstić information content (AvgIpc) is 2.93. The summed E-state index contributed by atoms with van der Waals surface area (Å²) in [5.74, 6) is 1.21. The Bertz CT molecular complexity index is 600. The molecule has 0 amide bonds. The Balaban J connectivity index is 1.67. The second-order valence-electron chi connectivity index (χ2n) is 6.11. The Kier molecular flexibility index (Phi) is 4.28. The molecule has 0 radical (unpaired) electrons. The fourth-order valence-corrected chi connectivity index (χ4v) is 3.13. The van der Waals surface area contributed by atoms with Crippen LogP contribution in [0.3, 0.4) is 0 Å². The van der Waals surface area contributed by atoms with Crippen molar-refractivity contribution in [3.05, 3.63) is 47.5 Å². The maximum Gasteiger partial charge on any atom is 0.108 e. The monoisotopic (exact) mass is 283 g/mol. The van der Waals surface area contributed by atoms with E-state index < -0.39 is 0 Å². The summed E-state index contributed by atoms with van der Waals surface area (Å²) in [7, 11) is 0. The molecule has 0 saturated heterocycles. The number of benzene rings is 1. The van der Waals surface area contributed by atoms with E-state index in [-0.39, 0.29) is 0 Å². The van der Waals surface area contributed by atoms with Crippen molar-refractivity contribution in [2.24, 2.45) is 0 Å². The Labute approximate surface area is 127 Å². The van der Waals surface area contributed by atoms with Gasteiger partial charge in [0.1, 0.15) is 5.82 Å². The van der Waals surface area contributed by atoms with Gasteiger partial charge in [-0.1, -0.05) is 19.1 Å². The number of fused-ring (bicyclic) bond motifs is 1. The van der Waals surface area contributed by atoms with E-state index in [2.05, 4.69) is 53.1 Å². The Morgan fingerprint density at radius 3 is 3.10 bits per heavy atom. The van der Waals surface area contributed by atoms with Gasteiger partial charge in [-0.25, -0.2) is 4.98 Å². The van der Waals surface area contributed by atoms with E-state index in [0.717, 1.165) is 25.8 Å². The second-order valence-corrected chi connectivity index (χ2v) is 6.11. The molecule has 1 aliphatic heterocycles. The molecule has 2 heterocycles. The van der Waals surface area contributed by atoms with E-state index in [1.54, 1.807) is 0 Å². The van der Waals surface area contributed by atoms with Gasteiger partial charge in [0.05, 0.1) is 0 Å². The van der Waals surface area contributed by atoms with Crippen molar-refractivity contribution in [3.8, 4) is 0 Å². The fraction of sp³-hybridized carbons (Fsp3) is 0.500. The Morgan fingerprint density at radius 2 is 2.24 bits per heavy atom. The average molecular weight is 283 g/mol. The number of nitrogens with one attached hydrogen (secondary N) is 1. The molecular weight excluding hydrogens is 258 g/mol. The largest absolute Gasteiger partial charge is 0.382 e. The van der Waals surface area contributed by atoms with Crippen molar-refractivity contribution in [3.63, 3.8) is 0 Å². The van der Waals surface area contributed by atoms with Crippen LogP contribution in [-0.2, 0) is 25.8 Å². The maximum absolute atomic E-state index is 4.50. The highest BCUT2D eigenvalue weighted by Gasteiger charge is 2.14. The summed E-state index contributed by atoms with van der Waals surface area (Å²) < 4.78 is 2.28. The predicted octanol–water partition coefficient (Wildman–Crippen LogP) is 3.82. The van der Waals surface area contributed by atoms with Crippen molar-refractivity contribution in [1.82, 2.24) is 9.55 Å². The van der Waals surface area contributed by atoms with Crippen LogP contribution in [0.4, 0.5) is 5.69 Å². The minimum absolute atomic E-state index is 0.602. The lowest BCUT2D eigenvalue weighted by Gasteiger charge is -2.24. The molecule has 3 rings (SSSR count). The van der Waals surface area contributed by atoms with Crippen molar-refractivity contribution in [1.29, 1.82) is 0 Å². The molecule has 3 nitrogen and oxygen atoms in total. The normalized spacial score (nSPS) is 17.3. The quantitative estimate of drug-likeness (QED) is 0.904. The first-order valence-electron chi connectivity index (χ1n) is 8.14.